The number of nitrogens with zero attached hydrogens (tertiary/aromatic N) is 1. The molecule has 3 nitrogen and oxygen atoms in total. The van der Waals surface area contributed by atoms with Crippen molar-refractivity contribution in [3.63, 3.8) is 0 Å². The maximum atomic E-state index is 6.76. The minimum absolute atomic E-state index is 0.469. The Morgan fingerprint density at radius 1 is 1.00 bits per heavy atom. The van der Waals surface area contributed by atoms with Crippen LogP contribution < -0.4 is 5.73 Å². The lowest BCUT2D eigenvalue weighted by Gasteiger charge is -2.27. The molecule has 1 unspecified atom stereocenters. The molecule has 1 atom stereocenters. The molecule has 3 N–H and O–H groups in total. The molecule has 118 valence electrons. The average Bonchev–Trinajstić information content (AvgIpc) is 3.08. The summed E-state index contributed by atoms with van der Waals surface area (Å²) in [5.41, 5.74) is 9.67. The SMILES string of the molecule is CCCC(N)(Cc1ccccc1)c1ncc(-c2ccccc2)[nH]1. The van der Waals surface area contributed by atoms with Crippen molar-refractivity contribution in [1.29, 1.82) is 0 Å². The minimum atomic E-state index is -0.469. The molecule has 1 heterocycles. The topological polar surface area (TPSA) is 54.7 Å². The normalized spacial score (nSPS) is 13.7. The van der Waals surface area contributed by atoms with Crippen molar-refractivity contribution >= 4 is 0 Å². The summed E-state index contributed by atoms with van der Waals surface area (Å²) in [5.74, 6) is 0.863. The predicted octanol–water partition coefficient (Wildman–Crippen LogP) is 4.27. The fourth-order valence-electron chi connectivity index (χ4n) is 3.04. The van der Waals surface area contributed by atoms with Crippen molar-refractivity contribution in [2.24, 2.45) is 5.73 Å². The molecule has 3 rings (SSSR count). The predicted molar refractivity (Wildman–Crippen MR) is 94.9 cm³/mol. The van der Waals surface area contributed by atoms with E-state index in [9.17, 15) is 0 Å². The monoisotopic (exact) mass is 305 g/mol. The molecule has 0 fully saturated rings. The molecule has 3 aromatic rings. The number of benzene rings is 2. The van der Waals surface area contributed by atoms with Crippen molar-refractivity contribution in [3.05, 3.63) is 78.2 Å². The second-order valence-corrected chi connectivity index (χ2v) is 6.08. The maximum absolute atomic E-state index is 6.76. The van der Waals surface area contributed by atoms with Gasteiger partial charge in [0.15, 0.2) is 0 Å². The highest BCUT2D eigenvalue weighted by molar-refractivity contribution is 5.58. The van der Waals surface area contributed by atoms with Crippen LogP contribution in [0.4, 0.5) is 0 Å². The Kier molecular flexibility index (Phi) is 4.58. The van der Waals surface area contributed by atoms with E-state index in [0.29, 0.717) is 0 Å². The van der Waals surface area contributed by atoms with Gasteiger partial charge in [-0.3, -0.25) is 0 Å². The van der Waals surface area contributed by atoms with Crippen molar-refractivity contribution in [2.75, 3.05) is 0 Å². The average molecular weight is 305 g/mol. The molecule has 0 saturated heterocycles. The summed E-state index contributed by atoms with van der Waals surface area (Å²) in [7, 11) is 0. The van der Waals surface area contributed by atoms with Crippen molar-refractivity contribution in [1.82, 2.24) is 9.97 Å². The zero-order valence-corrected chi connectivity index (χ0v) is 13.5. The fourth-order valence-corrected chi connectivity index (χ4v) is 3.04. The zero-order valence-electron chi connectivity index (χ0n) is 13.5. The first-order valence-electron chi connectivity index (χ1n) is 8.15. The van der Waals surface area contributed by atoms with Gasteiger partial charge in [0.25, 0.3) is 0 Å². The standard InChI is InChI=1S/C20H23N3/c1-2-13-20(21,14-16-9-5-3-6-10-16)19-22-15-18(23-19)17-11-7-4-8-12-17/h3-12,15H,2,13-14,21H2,1H3,(H,22,23). The van der Waals surface area contributed by atoms with Crippen LogP contribution in [0.5, 0.6) is 0 Å². The highest BCUT2D eigenvalue weighted by Crippen LogP contribution is 2.28. The number of aromatic nitrogens is 2. The summed E-state index contributed by atoms with van der Waals surface area (Å²) >= 11 is 0. The summed E-state index contributed by atoms with van der Waals surface area (Å²) in [6.45, 7) is 2.16. The molecular formula is C20H23N3. The number of nitrogens with two attached hydrogens (primary N) is 1. The third kappa shape index (κ3) is 3.51. The number of hydrogen-bond donors (Lipinski definition) is 2. The number of H-pyrrole nitrogens is 1. The van der Waals surface area contributed by atoms with Gasteiger partial charge in [-0.15, -0.1) is 0 Å². The van der Waals surface area contributed by atoms with E-state index in [1.54, 1.807) is 0 Å². The van der Waals surface area contributed by atoms with Gasteiger partial charge in [0.2, 0.25) is 0 Å². The van der Waals surface area contributed by atoms with Crippen molar-refractivity contribution < 1.29 is 0 Å². The van der Waals surface area contributed by atoms with Crippen molar-refractivity contribution in [3.8, 4) is 11.3 Å². The van der Waals surface area contributed by atoms with E-state index in [1.165, 1.54) is 5.56 Å². The first-order chi connectivity index (χ1) is 11.2. The third-order valence-corrected chi connectivity index (χ3v) is 4.19. The molecule has 0 aliphatic rings. The highest BCUT2D eigenvalue weighted by atomic mass is 15.0. The summed E-state index contributed by atoms with van der Waals surface area (Å²) in [5, 5.41) is 0. The third-order valence-electron chi connectivity index (χ3n) is 4.19. The van der Waals surface area contributed by atoms with Gasteiger partial charge in [-0.25, -0.2) is 4.98 Å². The molecule has 23 heavy (non-hydrogen) atoms. The van der Waals surface area contributed by atoms with Gasteiger partial charge in [-0.2, -0.15) is 0 Å². The highest BCUT2D eigenvalue weighted by Gasteiger charge is 2.30. The minimum Gasteiger partial charge on any atom is -0.340 e. The van der Waals surface area contributed by atoms with Crippen molar-refractivity contribution in [2.45, 2.75) is 31.7 Å². The summed E-state index contributed by atoms with van der Waals surface area (Å²) in [6.07, 6.45) is 4.57. The second kappa shape index (κ2) is 6.80. The molecule has 0 spiro atoms. The van der Waals surface area contributed by atoms with Crippen LogP contribution in [0.25, 0.3) is 11.3 Å². The first kappa shape index (κ1) is 15.5. The van der Waals surface area contributed by atoms with Crippen LogP contribution in [0.15, 0.2) is 66.9 Å². The molecule has 3 heteroatoms. The number of nitrogens with one attached hydrogen (secondary N) is 1. The Labute approximate surface area is 137 Å². The fraction of sp³-hybridized carbons (Fsp3) is 0.250. The molecule has 0 amide bonds. The second-order valence-electron chi connectivity index (χ2n) is 6.08. The van der Waals surface area contributed by atoms with Crippen LogP contribution in [0.3, 0.4) is 0 Å². The molecule has 2 aromatic carbocycles. The lowest BCUT2D eigenvalue weighted by Crippen LogP contribution is -2.40. The van der Waals surface area contributed by atoms with Gasteiger partial charge in [-0.05, 0) is 24.0 Å². The Morgan fingerprint density at radius 2 is 1.65 bits per heavy atom. The summed E-state index contributed by atoms with van der Waals surface area (Å²) < 4.78 is 0. The molecule has 0 bridgehead atoms. The van der Waals surface area contributed by atoms with E-state index in [0.717, 1.165) is 36.3 Å². The van der Waals surface area contributed by atoms with Gasteiger partial charge in [0, 0.05) is 0 Å². The number of aromatic amines is 1. The van der Waals surface area contributed by atoms with Crippen LogP contribution in [-0.2, 0) is 12.0 Å². The molecule has 0 aliphatic carbocycles. The Bertz CT molecular complexity index is 734. The van der Waals surface area contributed by atoms with E-state index in [-0.39, 0.29) is 0 Å². The van der Waals surface area contributed by atoms with Gasteiger partial charge in [0.05, 0.1) is 17.4 Å². The summed E-state index contributed by atoms with van der Waals surface area (Å²) in [4.78, 5) is 8.04. The van der Waals surface area contributed by atoms with Gasteiger partial charge < -0.3 is 10.7 Å². The Hall–Kier alpha value is -2.39. The summed E-state index contributed by atoms with van der Waals surface area (Å²) in [6, 6.07) is 20.6. The van der Waals surface area contributed by atoms with E-state index in [4.69, 9.17) is 5.73 Å². The van der Waals surface area contributed by atoms with Crippen LogP contribution in [0, 0.1) is 0 Å². The first-order valence-corrected chi connectivity index (χ1v) is 8.15. The van der Waals surface area contributed by atoms with Crippen LogP contribution in [0.1, 0.15) is 31.2 Å². The molecule has 0 radical (unpaired) electrons. The quantitative estimate of drug-likeness (QED) is 0.714. The lowest BCUT2D eigenvalue weighted by atomic mass is 9.87. The Morgan fingerprint density at radius 3 is 2.30 bits per heavy atom. The largest absolute Gasteiger partial charge is 0.340 e. The zero-order chi connectivity index (χ0) is 16.1. The number of rotatable bonds is 6. The van der Waals surface area contributed by atoms with Gasteiger partial charge in [0.1, 0.15) is 5.82 Å². The Balaban J connectivity index is 1.90. The van der Waals surface area contributed by atoms with E-state index in [1.807, 2.05) is 30.5 Å². The smallest absolute Gasteiger partial charge is 0.127 e. The van der Waals surface area contributed by atoms with E-state index < -0.39 is 5.54 Å². The number of hydrogen-bond acceptors (Lipinski definition) is 2. The molecule has 1 aromatic heterocycles. The lowest BCUT2D eigenvalue weighted by molar-refractivity contribution is 0.380. The van der Waals surface area contributed by atoms with E-state index in [2.05, 4.69) is 53.3 Å². The van der Waals surface area contributed by atoms with Gasteiger partial charge >= 0.3 is 0 Å². The van der Waals surface area contributed by atoms with Crippen LogP contribution in [0.2, 0.25) is 0 Å². The van der Waals surface area contributed by atoms with Gasteiger partial charge in [-0.1, -0.05) is 74.0 Å². The maximum Gasteiger partial charge on any atom is 0.127 e. The molecule has 0 saturated carbocycles. The van der Waals surface area contributed by atoms with Crippen LogP contribution in [-0.4, -0.2) is 9.97 Å². The molecule has 0 aliphatic heterocycles. The van der Waals surface area contributed by atoms with Crippen LogP contribution >= 0.6 is 0 Å². The molecular weight excluding hydrogens is 282 g/mol. The van der Waals surface area contributed by atoms with E-state index >= 15 is 0 Å². The number of imidazole rings is 1.